The van der Waals surface area contributed by atoms with E-state index in [1.807, 2.05) is 13.8 Å². The summed E-state index contributed by atoms with van der Waals surface area (Å²) in [6, 6.07) is 13.9. The number of carbonyl (C=O) groups is 1. The first-order chi connectivity index (χ1) is 20.6. The van der Waals surface area contributed by atoms with Gasteiger partial charge in [-0.15, -0.1) is 0 Å². The number of fused-ring (bicyclic) bond motifs is 1. The molecule has 43 heavy (non-hydrogen) atoms. The molecule has 0 radical (unpaired) electrons. The maximum absolute atomic E-state index is 13.9. The molecule has 11 nitrogen and oxygen atoms in total. The Bertz CT molecular complexity index is 1930. The summed E-state index contributed by atoms with van der Waals surface area (Å²) in [5.41, 5.74) is 1.10. The van der Waals surface area contributed by atoms with Gasteiger partial charge in [0.1, 0.15) is 11.5 Å². The molecule has 1 aliphatic heterocycles. The summed E-state index contributed by atoms with van der Waals surface area (Å²) >= 11 is 1.14. The zero-order valence-corrected chi connectivity index (χ0v) is 25.0. The Morgan fingerprint density at radius 2 is 1.95 bits per heavy atom. The molecule has 2 aromatic heterocycles. The van der Waals surface area contributed by atoms with Gasteiger partial charge in [0.05, 0.1) is 52.2 Å². The van der Waals surface area contributed by atoms with Crippen LogP contribution in [-0.2, 0) is 9.53 Å². The van der Waals surface area contributed by atoms with Crippen LogP contribution in [0.3, 0.4) is 0 Å². The first-order valence-electron chi connectivity index (χ1n) is 13.5. The number of hydrogen-bond acceptors (Lipinski definition) is 10. The Hall–Kier alpha value is -4.97. The summed E-state index contributed by atoms with van der Waals surface area (Å²) < 4.78 is 24.5. The molecule has 0 unspecified atom stereocenters. The van der Waals surface area contributed by atoms with Crippen LogP contribution in [0.1, 0.15) is 45.1 Å². The minimum Gasteiger partial charge on any atom is -0.493 e. The molecule has 4 aromatic rings. The van der Waals surface area contributed by atoms with Gasteiger partial charge >= 0.3 is 5.97 Å². The maximum atomic E-state index is 13.9. The first-order valence-corrected chi connectivity index (χ1v) is 14.3. The van der Waals surface area contributed by atoms with Crippen molar-refractivity contribution in [3.8, 4) is 22.8 Å². The zero-order chi connectivity index (χ0) is 30.8. The Labute approximate surface area is 250 Å². The van der Waals surface area contributed by atoms with E-state index in [2.05, 4.69) is 4.99 Å². The molecular weight excluding hydrogens is 574 g/mol. The average molecular weight is 604 g/mol. The van der Waals surface area contributed by atoms with Crippen molar-refractivity contribution in [3.05, 3.63) is 107 Å². The number of nitro groups is 1. The van der Waals surface area contributed by atoms with Crippen molar-refractivity contribution in [1.82, 2.24) is 4.57 Å². The van der Waals surface area contributed by atoms with Crippen LogP contribution in [0, 0.1) is 10.1 Å². The number of furan rings is 1. The average Bonchev–Trinajstić information content (AvgIpc) is 3.56. The molecule has 0 amide bonds. The number of aromatic nitrogens is 1. The zero-order valence-electron chi connectivity index (χ0n) is 24.2. The molecule has 12 heteroatoms. The minimum atomic E-state index is -0.849. The Kier molecular flexibility index (Phi) is 8.31. The number of carbonyl (C=O) groups excluding carboxylic acids is 1. The van der Waals surface area contributed by atoms with Crippen molar-refractivity contribution in [3.63, 3.8) is 0 Å². The van der Waals surface area contributed by atoms with Gasteiger partial charge in [0.25, 0.3) is 11.2 Å². The minimum absolute atomic E-state index is 0.0926. The van der Waals surface area contributed by atoms with Gasteiger partial charge in [0.15, 0.2) is 16.3 Å². The van der Waals surface area contributed by atoms with Crippen LogP contribution in [0.4, 0.5) is 5.69 Å². The number of methoxy groups -OCH3 is 1. The van der Waals surface area contributed by atoms with Gasteiger partial charge in [0, 0.05) is 12.1 Å². The normalized spacial score (nSPS) is 14.8. The van der Waals surface area contributed by atoms with Crippen molar-refractivity contribution in [2.24, 2.45) is 4.99 Å². The third-order valence-electron chi connectivity index (χ3n) is 6.65. The third kappa shape index (κ3) is 5.73. The molecule has 0 spiro atoms. The van der Waals surface area contributed by atoms with Crippen LogP contribution in [0.2, 0.25) is 0 Å². The number of nitrogens with zero attached hydrogens (tertiary/aromatic N) is 3. The van der Waals surface area contributed by atoms with Gasteiger partial charge in [0.2, 0.25) is 0 Å². The largest absolute Gasteiger partial charge is 0.493 e. The fourth-order valence-corrected chi connectivity index (χ4v) is 5.88. The van der Waals surface area contributed by atoms with Gasteiger partial charge in [-0.3, -0.25) is 19.5 Å². The quantitative estimate of drug-likeness (QED) is 0.152. The van der Waals surface area contributed by atoms with Gasteiger partial charge < -0.3 is 18.6 Å². The highest BCUT2D eigenvalue weighted by Crippen LogP contribution is 2.37. The van der Waals surface area contributed by atoms with Gasteiger partial charge in [-0.2, -0.15) is 0 Å². The Morgan fingerprint density at radius 3 is 2.65 bits per heavy atom. The number of para-hydroxylation sites is 1. The van der Waals surface area contributed by atoms with E-state index < -0.39 is 22.5 Å². The second-order valence-corrected chi connectivity index (χ2v) is 10.9. The molecule has 0 N–H and O–H groups in total. The van der Waals surface area contributed by atoms with E-state index in [1.54, 1.807) is 68.5 Å². The molecule has 1 atom stereocenters. The standard InChI is InChI=1S/C31H29N3O8S/c1-6-40-30(36)27-18(4)32-31-33(28(27)19-11-13-24(41-17(2)3)25(15-19)39-5)29(35)26(43-31)16-20-12-14-23(42-20)21-9-7-8-10-22(21)34(37)38/h7-17,28H,6H2,1-5H3/b26-16+/t28-/m1/s1. The van der Waals surface area contributed by atoms with Crippen molar-refractivity contribution in [2.75, 3.05) is 13.7 Å². The highest BCUT2D eigenvalue weighted by atomic mass is 32.1. The van der Waals surface area contributed by atoms with Crippen molar-refractivity contribution in [1.29, 1.82) is 0 Å². The summed E-state index contributed by atoms with van der Waals surface area (Å²) in [5.74, 6) is 1.02. The van der Waals surface area contributed by atoms with E-state index in [0.29, 0.717) is 49.2 Å². The number of nitro benzene ring substituents is 1. The molecule has 0 saturated heterocycles. The molecule has 222 valence electrons. The number of rotatable bonds is 9. The summed E-state index contributed by atoms with van der Waals surface area (Å²) in [5, 5.41) is 11.5. The van der Waals surface area contributed by atoms with E-state index >= 15 is 0 Å². The summed E-state index contributed by atoms with van der Waals surface area (Å²) in [4.78, 5) is 43.2. The van der Waals surface area contributed by atoms with E-state index in [0.717, 1.165) is 11.3 Å². The fourth-order valence-electron chi connectivity index (χ4n) is 4.86. The lowest BCUT2D eigenvalue weighted by atomic mass is 9.95. The van der Waals surface area contributed by atoms with Crippen molar-refractivity contribution >= 4 is 29.1 Å². The van der Waals surface area contributed by atoms with E-state index in [9.17, 15) is 19.7 Å². The molecule has 0 aliphatic carbocycles. The molecular formula is C31H29N3O8S. The van der Waals surface area contributed by atoms with E-state index in [4.69, 9.17) is 18.6 Å². The van der Waals surface area contributed by atoms with Crippen LogP contribution < -0.4 is 24.4 Å². The molecule has 0 fully saturated rings. The van der Waals surface area contributed by atoms with Crippen LogP contribution in [0.5, 0.6) is 11.5 Å². The van der Waals surface area contributed by atoms with Crippen molar-refractivity contribution < 1.29 is 28.3 Å². The smallest absolute Gasteiger partial charge is 0.338 e. The molecule has 2 aromatic carbocycles. The Morgan fingerprint density at radius 1 is 1.19 bits per heavy atom. The number of benzene rings is 2. The number of thiazole rings is 1. The molecule has 5 rings (SSSR count). The molecule has 0 bridgehead atoms. The second-order valence-electron chi connectivity index (χ2n) is 9.86. The number of ether oxygens (including phenoxy) is 3. The van der Waals surface area contributed by atoms with Crippen LogP contribution in [-0.4, -0.2) is 35.3 Å². The highest BCUT2D eigenvalue weighted by molar-refractivity contribution is 7.07. The van der Waals surface area contributed by atoms with Crippen molar-refractivity contribution in [2.45, 2.75) is 39.8 Å². The predicted octanol–water partition coefficient (Wildman–Crippen LogP) is 4.76. The molecule has 1 aliphatic rings. The van der Waals surface area contributed by atoms with E-state index in [-0.39, 0.29) is 24.0 Å². The van der Waals surface area contributed by atoms with Crippen LogP contribution in [0.25, 0.3) is 17.4 Å². The lowest BCUT2D eigenvalue weighted by Crippen LogP contribution is -2.40. The topological polar surface area (TPSA) is 135 Å². The lowest BCUT2D eigenvalue weighted by Gasteiger charge is -2.25. The van der Waals surface area contributed by atoms with Crippen LogP contribution in [0.15, 0.2) is 80.1 Å². The predicted molar refractivity (Wildman–Crippen MR) is 160 cm³/mol. The van der Waals surface area contributed by atoms with E-state index in [1.165, 1.54) is 17.7 Å². The van der Waals surface area contributed by atoms with Crippen LogP contribution >= 0.6 is 11.3 Å². The summed E-state index contributed by atoms with van der Waals surface area (Å²) in [6.45, 7) is 7.37. The monoisotopic (exact) mass is 603 g/mol. The number of allylic oxidation sites excluding steroid dienone is 1. The second kappa shape index (κ2) is 12.1. The fraction of sp³-hybridized carbons (Fsp3) is 0.258. The lowest BCUT2D eigenvalue weighted by molar-refractivity contribution is -0.384. The van der Waals surface area contributed by atoms with Gasteiger partial charge in [-0.05, 0) is 63.6 Å². The number of esters is 1. The summed E-state index contributed by atoms with van der Waals surface area (Å²) in [7, 11) is 1.52. The number of hydrogen-bond donors (Lipinski definition) is 0. The summed E-state index contributed by atoms with van der Waals surface area (Å²) in [6.07, 6.45) is 1.47. The molecule has 3 heterocycles. The molecule has 0 saturated carbocycles. The highest BCUT2D eigenvalue weighted by Gasteiger charge is 2.34. The Balaban J connectivity index is 1.65. The maximum Gasteiger partial charge on any atom is 0.338 e. The third-order valence-corrected chi connectivity index (χ3v) is 7.63. The SMILES string of the molecule is CCOC(=O)C1=C(C)N=c2s/c(=C/c3ccc(-c4ccccc4[N+](=O)[O-])o3)c(=O)n2[C@@H]1c1ccc(OC(C)C)c(OC)c1. The van der Waals surface area contributed by atoms with Gasteiger partial charge in [-0.25, -0.2) is 9.79 Å². The van der Waals surface area contributed by atoms with Gasteiger partial charge in [-0.1, -0.05) is 29.5 Å². The first kappa shape index (κ1) is 29.5.